The van der Waals surface area contributed by atoms with Crippen molar-refractivity contribution in [1.82, 2.24) is 4.90 Å². The predicted octanol–water partition coefficient (Wildman–Crippen LogP) is 2.46. The quantitative estimate of drug-likeness (QED) is 0.606. The fraction of sp³-hybridized carbons (Fsp3) is 1.00. The van der Waals surface area contributed by atoms with E-state index in [1.165, 1.54) is 25.8 Å². The average Bonchev–Trinajstić information content (AvgIpc) is 2.09. The molecule has 13 heavy (non-hydrogen) atoms. The van der Waals surface area contributed by atoms with Gasteiger partial charge in [-0.3, -0.25) is 0 Å². The highest BCUT2D eigenvalue weighted by atomic mass is 19.1. The molecule has 2 aliphatic rings. The number of nitrogens with zero attached hydrogens (tertiary/aromatic N) is 1. The molecule has 1 saturated carbocycles. The van der Waals surface area contributed by atoms with Crippen molar-refractivity contribution in [2.45, 2.75) is 44.8 Å². The molecule has 1 heterocycles. The predicted molar refractivity (Wildman–Crippen MR) is 52.4 cm³/mol. The summed E-state index contributed by atoms with van der Waals surface area (Å²) in [6.07, 6.45) is 4.09. The van der Waals surface area contributed by atoms with Gasteiger partial charge in [-0.15, -0.1) is 0 Å². The van der Waals surface area contributed by atoms with Crippen molar-refractivity contribution in [1.29, 1.82) is 0 Å². The van der Waals surface area contributed by atoms with E-state index in [2.05, 4.69) is 18.9 Å². The number of alkyl halides is 1. The maximum atomic E-state index is 13.4. The van der Waals surface area contributed by atoms with E-state index < -0.39 is 6.17 Å². The summed E-state index contributed by atoms with van der Waals surface area (Å²) in [5.74, 6) is 0.950. The molecule has 1 nitrogen and oxygen atoms in total. The van der Waals surface area contributed by atoms with Gasteiger partial charge in [0.05, 0.1) is 0 Å². The van der Waals surface area contributed by atoms with Crippen LogP contribution >= 0.6 is 0 Å². The fourth-order valence-electron chi connectivity index (χ4n) is 3.04. The Morgan fingerprint density at radius 3 is 2.62 bits per heavy atom. The van der Waals surface area contributed by atoms with Gasteiger partial charge < -0.3 is 4.90 Å². The lowest BCUT2D eigenvalue weighted by Crippen LogP contribution is -2.52. The molecular formula is C11H20FN. The Hall–Kier alpha value is -0.110. The Morgan fingerprint density at radius 2 is 2.08 bits per heavy atom. The summed E-state index contributed by atoms with van der Waals surface area (Å²) in [5, 5.41) is 0. The average molecular weight is 185 g/mol. The molecular weight excluding hydrogens is 165 g/mol. The van der Waals surface area contributed by atoms with E-state index in [1.807, 2.05) is 0 Å². The SMILES string of the molecule is C[C@@H]1C[C@@H](F)C1C1CCCCN1C. The minimum Gasteiger partial charge on any atom is -0.303 e. The van der Waals surface area contributed by atoms with Crippen LogP contribution in [0.5, 0.6) is 0 Å². The number of piperidine rings is 1. The van der Waals surface area contributed by atoms with Crippen LogP contribution < -0.4 is 0 Å². The molecule has 2 unspecified atom stereocenters. The number of hydrogen-bond donors (Lipinski definition) is 0. The molecule has 0 radical (unpaired) electrons. The van der Waals surface area contributed by atoms with Crippen molar-refractivity contribution >= 4 is 0 Å². The Balaban J connectivity index is 1.97. The Kier molecular flexibility index (Phi) is 2.59. The lowest BCUT2D eigenvalue weighted by Gasteiger charge is -2.48. The van der Waals surface area contributed by atoms with Crippen LogP contribution in [-0.2, 0) is 0 Å². The summed E-state index contributed by atoms with van der Waals surface area (Å²) < 4.78 is 13.4. The molecule has 1 aliphatic heterocycles. The Bertz CT molecular complexity index is 175. The van der Waals surface area contributed by atoms with Gasteiger partial charge in [-0.2, -0.15) is 0 Å². The van der Waals surface area contributed by atoms with Crippen molar-refractivity contribution in [3.05, 3.63) is 0 Å². The lowest BCUT2D eigenvalue weighted by molar-refractivity contribution is -0.0320. The summed E-state index contributed by atoms with van der Waals surface area (Å²) in [4.78, 5) is 2.37. The van der Waals surface area contributed by atoms with Gasteiger partial charge in [0, 0.05) is 12.0 Å². The van der Waals surface area contributed by atoms with E-state index in [9.17, 15) is 4.39 Å². The maximum Gasteiger partial charge on any atom is 0.105 e. The van der Waals surface area contributed by atoms with Crippen LogP contribution in [0.25, 0.3) is 0 Å². The third-order valence-corrected chi connectivity index (χ3v) is 3.94. The Morgan fingerprint density at radius 1 is 1.31 bits per heavy atom. The van der Waals surface area contributed by atoms with Gasteiger partial charge in [0.25, 0.3) is 0 Å². The normalized spacial score (nSPS) is 47.3. The summed E-state index contributed by atoms with van der Waals surface area (Å²) in [6.45, 7) is 3.36. The second kappa shape index (κ2) is 3.56. The highest BCUT2D eigenvalue weighted by Gasteiger charge is 2.44. The molecule has 2 fully saturated rings. The standard InChI is InChI=1S/C11H20FN/c1-8-7-9(12)11(8)10-5-3-4-6-13(10)2/h8-11H,3-7H2,1-2H3/t8-,9-,10?,11?/m1/s1. The first kappa shape index (κ1) is 9.45. The van der Waals surface area contributed by atoms with E-state index in [1.54, 1.807) is 0 Å². The van der Waals surface area contributed by atoms with Crippen LogP contribution in [0.2, 0.25) is 0 Å². The molecule has 0 N–H and O–H groups in total. The molecule has 0 spiro atoms. The molecule has 1 saturated heterocycles. The molecule has 0 bridgehead atoms. The zero-order valence-electron chi connectivity index (χ0n) is 8.67. The molecule has 4 atom stereocenters. The van der Waals surface area contributed by atoms with Crippen molar-refractivity contribution in [3.63, 3.8) is 0 Å². The Labute approximate surface area is 80.3 Å². The van der Waals surface area contributed by atoms with Crippen molar-refractivity contribution in [3.8, 4) is 0 Å². The fourth-order valence-corrected chi connectivity index (χ4v) is 3.04. The van der Waals surface area contributed by atoms with Crippen molar-refractivity contribution in [2.75, 3.05) is 13.6 Å². The van der Waals surface area contributed by atoms with Gasteiger partial charge in [0.1, 0.15) is 6.17 Å². The molecule has 0 aromatic heterocycles. The highest BCUT2D eigenvalue weighted by Crippen LogP contribution is 2.42. The van der Waals surface area contributed by atoms with Crippen LogP contribution in [-0.4, -0.2) is 30.7 Å². The largest absolute Gasteiger partial charge is 0.303 e. The minimum atomic E-state index is -0.513. The molecule has 76 valence electrons. The van der Waals surface area contributed by atoms with Gasteiger partial charge in [0.2, 0.25) is 0 Å². The molecule has 2 rings (SSSR count). The second-order valence-electron chi connectivity index (χ2n) is 4.85. The van der Waals surface area contributed by atoms with Gasteiger partial charge in [-0.1, -0.05) is 13.3 Å². The molecule has 2 heteroatoms. The molecule has 0 amide bonds. The molecule has 0 aromatic carbocycles. The first-order chi connectivity index (χ1) is 6.20. The number of halogens is 1. The zero-order chi connectivity index (χ0) is 9.42. The molecule has 1 aliphatic carbocycles. The van der Waals surface area contributed by atoms with E-state index >= 15 is 0 Å². The van der Waals surface area contributed by atoms with Crippen molar-refractivity contribution < 1.29 is 4.39 Å². The first-order valence-corrected chi connectivity index (χ1v) is 5.54. The van der Waals surface area contributed by atoms with Crippen LogP contribution in [0.4, 0.5) is 4.39 Å². The van der Waals surface area contributed by atoms with Crippen LogP contribution in [0, 0.1) is 11.8 Å². The lowest BCUT2D eigenvalue weighted by atomic mass is 9.67. The number of hydrogen-bond acceptors (Lipinski definition) is 1. The number of rotatable bonds is 1. The van der Waals surface area contributed by atoms with Crippen LogP contribution in [0.1, 0.15) is 32.6 Å². The topological polar surface area (TPSA) is 3.24 Å². The zero-order valence-corrected chi connectivity index (χ0v) is 8.67. The third-order valence-electron chi connectivity index (χ3n) is 3.94. The summed E-state index contributed by atoms with van der Waals surface area (Å²) >= 11 is 0. The summed E-state index contributed by atoms with van der Waals surface area (Å²) in [7, 11) is 2.15. The minimum absolute atomic E-state index is 0.338. The van der Waals surface area contributed by atoms with Crippen LogP contribution in [0.15, 0.2) is 0 Å². The second-order valence-corrected chi connectivity index (χ2v) is 4.85. The highest BCUT2D eigenvalue weighted by molar-refractivity contribution is 4.96. The van der Waals surface area contributed by atoms with E-state index in [-0.39, 0.29) is 0 Å². The van der Waals surface area contributed by atoms with Gasteiger partial charge in [0.15, 0.2) is 0 Å². The first-order valence-electron chi connectivity index (χ1n) is 5.54. The smallest absolute Gasteiger partial charge is 0.105 e. The van der Waals surface area contributed by atoms with Gasteiger partial charge >= 0.3 is 0 Å². The molecule has 0 aromatic rings. The van der Waals surface area contributed by atoms with Crippen LogP contribution in [0.3, 0.4) is 0 Å². The van der Waals surface area contributed by atoms with Gasteiger partial charge in [-0.05, 0) is 38.8 Å². The monoisotopic (exact) mass is 185 g/mol. The van der Waals surface area contributed by atoms with E-state index in [0.717, 1.165) is 6.42 Å². The van der Waals surface area contributed by atoms with Gasteiger partial charge in [-0.25, -0.2) is 4.39 Å². The third kappa shape index (κ3) is 1.61. The van der Waals surface area contributed by atoms with E-state index in [4.69, 9.17) is 0 Å². The maximum absolute atomic E-state index is 13.4. The van der Waals surface area contributed by atoms with E-state index in [0.29, 0.717) is 17.9 Å². The summed E-state index contributed by atoms with van der Waals surface area (Å²) in [5.41, 5.74) is 0. The number of likely N-dealkylation sites (tertiary alicyclic amines) is 1. The summed E-state index contributed by atoms with van der Waals surface area (Å²) in [6, 6.07) is 0.535. The van der Waals surface area contributed by atoms with Crippen molar-refractivity contribution in [2.24, 2.45) is 11.8 Å².